The zero-order chi connectivity index (χ0) is 23.7. The number of hydrogen-bond acceptors (Lipinski definition) is 4. The first-order valence-electron chi connectivity index (χ1n) is 11.7. The van der Waals surface area contributed by atoms with Gasteiger partial charge in [0.2, 0.25) is 0 Å². The van der Waals surface area contributed by atoms with Gasteiger partial charge >= 0.3 is 0 Å². The van der Waals surface area contributed by atoms with Gasteiger partial charge in [-0.25, -0.2) is 0 Å². The average Bonchev–Trinajstić information content (AvgIpc) is 2.89. The van der Waals surface area contributed by atoms with E-state index in [1.165, 1.54) is 0 Å². The second kappa shape index (κ2) is 8.99. The minimum Gasteiger partial charge on any atom is -0.341 e. The molecule has 4 nitrogen and oxygen atoms in total. The second-order valence-corrected chi connectivity index (χ2v) is 8.22. The van der Waals surface area contributed by atoms with E-state index in [4.69, 9.17) is 0 Å². The molecule has 0 radical (unpaired) electrons. The van der Waals surface area contributed by atoms with Gasteiger partial charge in [-0.3, -0.25) is 9.59 Å². The summed E-state index contributed by atoms with van der Waals surface area (Å²) in [6.07, 6.45) is 0. The van der Waals surface area contributed by atoms with Crippen molar-refractivity contribution in [3.05, 3.63) is 119 Å². The maximum Gasteiger partial charge on any atom is 0.196 e. The molecule has 4 aromatic carbocycles. The van der Waals surface area contributed by atoms with Crippen LogP contribution in [0.3, 0.4) is 0 Å². The number of fused-ring (bicyclic) bond motifs is 2. The molecule has 0 atom stereocenters. The average molecular weight is 447 g/mol. The summed E-state index contributed by atoms with van der Waals surface area (Å²) in [5, 5.41) is 0. The quantitative estimate of drug-likeness (QED) is 0.288. The van der Waals surface area contributed by atoms with Crippen molar-refractivity contribution in [3.63, 3.8) is 0 Å². The molecule has 168 valence electrons. The summed E-state index contributed by atoms with van der Waals surface area (Å²) in [5.74, 6) is -0.221. The fourth-order valence-electron chi connectivity index (χ4n) is 4.86. The van der Waals surface area contributed by atoms with Crippen LogP contribution in [-0.2, 0) is 0 Å². The van der Waals surface area contributed by atoms with E-state index in [9.17, 15) is 9.59 Å². The van der Waals surface area contributed by atoms with Gasteiger partial charge in [0.15, 0.2) is 11.6 Å². The highest BCUT2D eigenvalue weighted by atomic mass is 16.1. The van der Waals surface area contributed by atoms with Gasteiger partial charge in [-0.2, -0.15) is 0 Å². The number of carbonyl (C=O) groups excluding carboxylic acids is 2. The highest BCUT2D eigenvalue weighted by molar-refractivity contribution is 6.32. The molecule has 0 spiro atoms. The number of para-hydroxylation sites is 2. The Hall–Kier alpha value is -4.18. The number of carbonyl (C=O) groups is 2. The van der Waals surface area contributed by atoms with Crippen LogP contribution in [0, 0.1) is 0 Å². The summed E-state index contributed by atoms with van der Waals surface area (Å²) in [7, 11) is 0. The van der Waals surface area contributed by atoms with Crippen LogP contribution >= 0.6 is 0 Å². The van der Waals surface area contributed by atoms with Gasteiger partial charge in [0, 0.05) is 35.6 Å². The summed E-state index contributed by atoms with van der Waals surface area (Å²) in [6, 6.07) is 31.1. The summed E-state index contributed by atoms with van der Waals surface area (Å²) >= 11 is 0. The molecule has 0 aliphatic heterocycles. The van der Waals surface area contributed by atoms with E-state index in [2.05, 4.69) is 9.80 Å². The highest BCUT2D eigenvalue weighted by Gasteiger charge is 2.35. The molecule has 5 rings (SSSR count). The zero-order valence-electron chi connectivity index (χ0n) is 19.4. The molecule has 0 bridgehead atoms. The first-order valence-corrected chi connectivity index (χ1v) is 11.7. The molecule has 0 aromatic heterocycles. The van der Waals surface area contributed by atoms with Gasteiger partial charge in [-0.1, -0.05) is 60.7 Å². The van der Waals surface area contributed by atoms with Crippen molar-refractivity contribution in [1.82, 2.24) is 0 Å². The predicted molar refractivity (Wildman–Crippen MR) is 138 cm³/mol. The van der Waals surface area contributed by atoms with Crippen LogP contribution in [0.15, 0.2) is 97.1 Å². The third-order valence-corrected chi connectivity index (χ3v) is 6.38. The van der Waals surface area contributed by atoms with Gasteiger partial charge in [0.05, 0.1) is 22.5 Å². The third kappa shape index (κ3) is 3.48. The van der Waals surface area contributed by atoms with E-state index >= 15 is 0 Å². The Labute approximate surface area is 200 Å². The highest BCUT2D eigenvalue weighted by Crippen LogP contribution is 2.40. The second-order valence-electron chi connectivity index (χ2n) is 8.22. The van der Waals surface area contributed by atoms with Gasteiger partial charge in [-0.05, 0) is 50.2 Å². The van der Waals surface area contributed by atoms with E-state index in [-0.39, 0.29) is 11.6 Å². The van der Waals surface area contributed by atoms with E-state index in [1.54, 1.807) is 12.1 Å². The molecule has 34 heavy (non-hydrogen) atoms. The fourth-order valence-corrected chi connectivity index (χ4v) is 4.86. The first-order chi connectivity index (χ1) is 16.7. The van der Waals surface area contributed by atoms with Crippen molar-refractivity contribution in [2.75, 3.05) is 22.9 Å². The lowest BCUT2D eigenvalue weighted by Gasteiger charge is -2.31. The minimum atomic E-state index is -0.111. The smallest absolute Gasteiger partial charge is 0.196 e. The minimum absolute atomic E-state index is 0.111. The van der Waals surface area contributed by atoms with Crippen LogP contribution in [-0.4, -0.2) is 24.7 Å². The van der Waals surface area contributed by atoms with Gasteiger partial charge in [0.1, 0.15) is 0 Å². The number of anilines is 4. The maximum atomic E-state index is 13.9. The molecule has 0 unspecified atom stereocenters. The summed E-state index contributed by atoms with van der Waals surface area (Å²) < 4.78 is 0. The van der Waals surface area contributed by atoms with E-state index < -0.39 is 0 Å². The van der Waals surface area contributed by atoms with Crippen molar-refractivity contribution in [2.45, 2.75) is 13.8 Å². The fraction of sp³-hybridized carbons (Fsp3) is 0.133. The van der Waals surface area contributed by atoms with E-state index in [0.29, 0.717) is 35.3 Å². The molecule has 0 heterocycles. The van der Waals surface area contributed by atoms with Crippen LogP contribution in [0.2, 0.25) is 0 Å². The molecule has 1 aliphatic carbocycles. The van der Waals surface area contributed by atoms with Crippen molar-refractivity contribution >= 4 is 34.3 Å². The lowest BCUT2D eigenvalue weighted by atomic mass is 9.81. The molecule has 0 fully saturated rings. The third-order valence-electron chi connectivity index (χ3n) is 6.38. The lowest BCUT2D eigenvalue weighted by Crippen LogP contribution is -2.28. The molecule has 0 saturated heterocycles. The summed E-state index contributed by atoms with van der Waals surface area (Å²) in [6.45, 7) is 5.44. The van der Waals surface area contributed by atoms with E-state index in [1.807, 2.05) is 98.8 Å². The first kappa shape index (κ1) is 21.7. The van der Waals surface area contributed by atoms with Crippen molar-refractivity contribution in [1.29, 1.82) is 0 Å². The number of hydrogen-bond donors (Lipinski definition) is 0. The Balaban J connectivity index is 1.67. The zero-order valence-corrected chi connectivity index (χ0v) is 19.4. The van der Waals surface area contributed by atoms with Crippen LogP contribution in [0.5, 0.6) is 0 Å². The van der Waals surface area contributed by atoms with Gasteiger partial charge in [0.25, 0.3) is 0 Å². The number of rotatable bonds is 6. The van der Waals surface area contributed by atoms with Crippen LogP contribution in [0.25, 0.3) is 0 Å². The standard InChI is InChI=1S/C30H26N2O2/c1-3-31(21-13-7-5-8-14-21)25-19-11-17-23-27(25)29(33)24-18-12-20-26(28(24)30(23)34)32(4-2)22-15-9-6-10-16-22/h5-20H,3-4H2,1-2H3. The Morgan fingerprint density at radius 1 is 0.500 bits per heavy atom. The lowest BCUT2D eigenvalue weighted by molar-refractivity contribution is 0.0980. The SMILES string of the molecule is CCN(c1ccccc1)c1cccc2c1C(=O)c1cccc(N(CC)c3ccccc3)c1C2=O. The van der Waals surface area contributed by atoms with Crippen molar-refractivity contribution in [2.24, 2.45) is 0 Å². The topological polar surface area (TPSA) is 40.6 Å². The predicted octanol–water partition coefficient (Wildman–Crippen LogP) is 6.78. The van der Waals surface area contributed by atoms with Gasteiger partial charge < -0.3 is 9.80 Å². The van der Waals surface area contributed by atoms with Crippen molar-refractivity contribution < 1.29 is 9.59 Å². The Morgan fingerprint density at radius 2 is 0.882 bits per heavy atom. The molecule has 0 saturated carbocycles. The molecule has 0 N–H and O–H groups in total. The van der Waals surface area contributed by atoms with Crippen LogP contribution in [0.4, 0.5) is 22.7 Å². The Kier molecular flexibility index (Phi) is 5.72. The van der Waals surface area contributed by atoms with Crippen molar-refractivity contribution in [3.8, 4) is 0 Å². The molecule has 4 aromatic rings. The van der Waals surface area contributed by atoms with Crippen LogP contribution in [0.1, 0.15) is 45.7 Å². The molecule has 1 aliphatic rings. The summed E-state index contributed by atoms with van der Waals surface area (Å²) in [5.41, 5.74) is 5.36. The molecular weight excluding hydrogens is 420 g/mol. The Bertz CT molecular complexity index is 1260. The van der Waals surface area contributed by atoms with Crippen LogP contribution < -0.4 is 9.80 Å². The number of ketones is 2. The molecule has 4 heteroatoms. The summed E-state index contributed by atoms with van der Waals surface area (Å²) in [4.78, 5) is 32.0. The normalized spacial score (nSPS) is 12.2. The number of benzene rings is 4. The van der Waals surface area contributed by atoms with Gasteiger partial charge in [-0.15, -0.1) is 0 Å². The largest absolute Gasteiger partial charge is 0.341 e. The molecular formula is C30H26N2O2. The monoisotopic (exact) mass is 446 g/mol. The number of nitrogens with zero attached hydrogens (tertiary/aromatic N) is 2. The van der Waals surface area contributed by atoms with E-state index in [0.717, 1.165) is 22.7 Å². The maximum absolute atomic E-state index is 13.9. The molecule has 0 amide bonds. The Morgan fingerprint density at radius 3 is 1.24 bits per heavy atom.